The molecule has 1 aliphatic heterocycles. The van der Waals surface area contributed by atoms with Crippen molar-refractivity contribution in [1.82, 2.24) is 30.8 Å². The van der Waals surface area contributed by atoms with Gasteiger partial charge in [-0.3, -0.25) is 9.89 Å². The van der Waals surface area contributed by atoms with Crippen molar-refractivity contribution < 1.29 is 9.63 Å². The molecule has 1 aliphatic rings. The standard InChI is InChI=1S/C26H32N8O2/c1-16(34-36-17(2)26(3,4)5)24(35)32-23-8-10-27-13-19-12-18(6-7-21(19)23)22-9-11-28-25(33-22)31-20-14-29-30-15-20/h6-7,9,11-12,14-15,23,27H,2,8,10,13H2,1,3-5H3,(H,29,30)(H,32,35)(H,28,31,33)/b34-16+/t23-/m1/s1. The molecule has 4 N–H and O–H groups in total. The number of fused-ring (bicyclic) bond motifs is 1. The number of anilines is 2. The van der Waals surface area contributed by atoms with Gasteiger partial charge in [0.25, 0.3) is 5.91 Å². The summed E-state index contributed by atoms with van der Waals surface area (Å²) in [6, 6.07) is 7.89. The number of carbonyl (C=O) groups excluding carboxylic acids is 1. The zero-order valence-electron chi connectivity index (χ0n) is 21.1. The lowest BCUT2D eigenvalue weighted by Gasteiger charge is -2.20. The van der Waals surface area contributed by atoms with Crippen LogP contribution in [-0.4, -0.2) is 38.3 Å². The Morgan fingerprint density at radius 1 is 1.28 bits per heavy atom. The van der Waals surface area contributed by atoms with E-state index < -0.39 is 0 Å². The highest BCUT2D eigenvalue weighted by molar-refractivity contribution is 6.37. The van der Waals surface area contributed by atoms with Crippen LogP contribution in [0, 0.1) is 5.41 Å². The molecule has 10 nitrogen and oxygen atoms in total. The van der Waals surface area contributed by atoms with E-state index in [1.165, 1.54) is 0 Å². The number of carbonyl (C=O) groups is 1. The van der Waals surface area contributed by atoms with E-state index in [-0.39, 0.29) is 23.1 Å². The largest absolute Gasteiger partial charge is 0.361 e. The van der Waals surface area contributed by atoms with Crippen LogP contribution in [0.5, 0.6) is 0 Å². The van der Waals surface area contributed by atoms with Crippen LogP contribution in [0.2, 0.25) is 0 Å². The van der Waals surface area contributed by atoms with Gasteiger partial charge < -0.3 is 20.8 Å². The fraction of sp³-hybridized carbons (Fsp3) is 0.346. The molecule has 0 aliphatic carbocycles. The highest BCUT2D eigenvalue weighted by Crippen LogP contribution is 2.29. The van der Waals surface area contributed by atoms with Crippen molar-refractivity contribution in [2.45, 2.75) is 46.7 Å². The molecule has 188 valence electrons. The number of aromatic amines is 1. The third-order valence-electron chi connectivity index (χ3n) is 5.91. The van der Waals surface area contributed by atoms with Gasteiger partial charge in [0.2, 0.25) is 5.95 Å². The number of rotatable bonds is 7. The van der Waals surface area contributed by atoms with Crippen molar-refractivity contribution in [2.75, 3.05) is 11.9 Å². The second-order valence-electron chi connectivity index (χ2n) is 9.72. The van der Waals surface area contributed by atoms with Crippen LogP contribution >= 0.6 is 0 Å². The second-order valence-corrected chi connectivity index (χ2v) is 9.72. The Kier molecular flexibility index (Phi) is 7.44. The summed E-state index contributed by atoms with van der Waals surface area (Å²) in [6.07, 6.45) is 5.87. The van der Waals surface area contributed by atoms with Gasteiger partial charge in [0.1, 0.15) is 11.5 Å². The molecule has 0 spiro atoms. The van der Waals surface area contributed by atoms with Crippen molar-refractivity contribution in [3.05, 3.63) is 66.3 Å². The van der Waals surface area contributed by atoms with Crippen LogP contribution < -0.4 is 16.0 Å². The van der Waals surface area contributed by atoms with Crippen molar-refractivity contribution in [2.24, 2.45) is 10.6 Å². The van der Waals surface area contributed by atoms with Crippen molar-refractivity contribution >= 4 is 23.3 Å². The smallest absolute Gasteiger partial charge is 0.269 e. The fourth-order valence-electron chi connectivity index (χ4n) is 3.63. The quantitative estimate of drug-likeness (QED) is 0.223. The maximum absolute atomic E-state index is 12.8. The Morgan fingerprint density at radius 3 is 2.86 bits per heavy atom. The summed E-state index contributed by atoms with van der Waals surface area (Å²) in [6.45, 7) is 12.9. The van der Waals surface area contributed by atoms with Gasteiger partial charge in [0, 0.05) is 29.9 Å². The number of nitrogens with one attached hydrogen (secondary N) is 4. The van der Waals surface area contributed by atoms with E-state index >= 15 is 0 Å². The maximum atomic E-state index is 12.8. The SMILES string of the molecule is C=C(O/N=C(\C)C(=O)N[C@@H]1CCNCc2cc(-c3ccnc(Nc4cn[nH]c4)n3)ccc21)C(C)(C)C. The molecule has 1 aromatic carbocycles. The molecule has 1 amide bonds. The minimum absolute atomic E-state index is 0.156. The van der Waals surface area contributed by atoms with Crippen LogP contribution in [0.1, 0.15) is 51.3 Å². The van der Waals surface area contributed by atoms with Gasteiger partial charge in [-0.2, -0.15) is 5.10 Å². The van der Waals surface area contributed by atoms with E-state index in [0.717, 1.165) is 41.0 Å². The predicted molar refractivity (Wildman–Crippen MR) is 139 cm³/mol. The van der Waals surface area contributed by atoms with Gasteiger partial charge in [-0.05, 0) is 43.1 Å². The number of oxime groups is 1. The highest BCUT2D eigenvalue weighted by atomic mass is 16.6. The summed E-state index contributed by atoms with van der Waals surface area (Å²) in [5, 5.41) is 20.3. The second kappa shape index (κ2) is 10.7. The topological polar surface area (TPSA) is 129 Å². The molecule has 36 heavy (non-hydrogen) atoms. The van der Waals surface area contributed by atoms with E-state index in [1.54, 1.807) is 25.5 Å². The number of H-pyrrole nitrogens is 1. The number of nitrogens with zero attached hydrogens (tertiary/aromatic N) is 4. The molecule has 0 radical (unpaired) electrons. The van der Waals surface area contributed by atoms with Crippen LogP contribution in [0.3, 0.4) is 0 Å². The molecule has 3 aromatic rings. The lowest BCUT2D eigenvalue weighted by atomic mass is 9.95. The molecule has 4 rings (SSSR count). The molecular formula is C26H32N8O2. The minimum Gasteiger partial charge on any atom is -0.361 e. The van der Waals surface area contributed by atoms with E-state index in [1.807, 2.05) is 32.9 Å². The first-order valence-corrected chi connectivity index (χ1v) is 11.9. The first-order valence-electron chi connectivity index (χ1n) is 11.9. The third kappa shape index (κ3) is 6.14. The molecule has 0 saturated carbocycles. The molecule has 0 saturated heterocycles. The summed E-state index contributed by atoms with van der Waals surface area (Å²) in [4.78, 5) is 27.2. The average molecular weight is 489 g/mol. The van der Waals surface area contributed by atoms with Crippen molar-refractivity contribution in [3.8, 4) is 11.3 Å². The van der Waals surface area contributed by atoms with Gasteiger partial charge >= 0.3 is 0 Å². The van der Waals surface area contributed by atoms with Crippen LogP contribution in [-0.2, 0) is 16.2 Å². The Balaban J connectivity index is 1.50. The summed E-state index contributed by atoms with van der Waals surface area (Å²) >= 11 is 0. The molecule has 2 aromatic heterocycles. The van der Waals surface area contributed by atoms with Gasteiger partial charge in [0.05, 0.1) is 23.6 Å². The average Bonchev–Trinajstić information content (AvgIpc) is 3.28. The third-order valence-corrected chi connectivity index (χ3v) is 5.91. The molecule has 0 fully saturated rings. The van der Waals surface area contributed by atoms with Gasteiger partial charge in [-0.25, -0.2) is 9.97 Å². The predicted octanol–water partition coefficient (Wildman–Crippen LogP) is 4.21. The Labute approximate surface area is 210 Å². The molecule has 3 heterocycles. The zero-order valence-corrected chi connectivity index (χ0v) is 21.1. The maximum Gasteiger partial charge on any atom is 0.269 e. The van der Waals surface area contributed by atoms with Gasteiger partial charge in [-0.15, -0.1) is 0 Å². The molecule has 0 unspecified atom stereocenters. The molecule has 0 bridgehead atoms. The van der Waals surface area contributed by atoms with Gasteiger partial charge in [-0.1, -0.05) is 44.6 Å². The highest BCUT2D eigenvalue weighted by Gasteiger charge is 2.23. The number of amides is 1. The lowest BCUT2D eigenvalue weighted by molar-refractivity contribution is -0.115. The van der Waals surface area contributed by atoms with Crippen LogP contribution in [0.4, 0.5) is 11.6 Å². The van der Waals surface area contributed by atoms with E-state index in [2.05, 4.69) is 60.0 Å². The summed E-state index contributed by atoms with van der Waals surface area (Å²) in [5.74, 6) is 0.710. The fourth-order valence-corrected chi connectivity index (χ4v) is 3.63. The number of allylic oxidation sites excluding steroid dienone is 1. The normalized spacial score (nSPS) is 16.0. The Bertz CT molecular complexity index is 1260. The first-order chi connectivity index (χ1) is 17.2. The summed E-state index contributed by atoms with van der Waals surface area (Å²) < 4.78 is 0. The Hall–Kier alpha value is -4.05. The van der Waals surface area contributed by atoms with Crippen LogP contribution in [0.25, 0.3) is 11.3 Å². The van der Waals surface area contributed by atoms with Crippen molar-refractivity contribution in [1.29, 1.82) is 0 Å². The first kappa shape index (κ1) is 25.1. The van der Waals surface area contributed by atoms with E-state index in [0.29, 0.717) is 18.3 Å². The number of hydrogen-bond donors (Lipinski definition) is 4. The summed E-state index contributed by atoms with van der Waals surface area (Å²) in [5.41, 5.74) is 4.69. The zero-order chi connectivity index (χ0) is 25.7. The molecule has 1 atom stereocenters. The number of hydrogen-bond acceptors (Lipinski definition) is 8. The van der Waals surface area contributed by atoms with Gasteiger partial charge in [0.15, 0.2) is 0 Å². The lowest BCUT2D eigenvalue weighted by Crippen LogP contribution is -2.34. The van der Waals surface area contributed by atoms with E-state index in [4.69, 9.17) is 4.84 Å². The Morgan fingerprint density at radius 2 is 2.11 bits per heavy atom. The minimum atomic E-state index is -0.274. The number of aromatic nitrogens is 4. The van der Waals surface area contributed by atoms with Crippen LogP contribution in [0.15, 0.2) is 60.3 Å². The monoisotopic (exact) mass is 488 g/mol. The molecule has 10 heteroatoms. The van der Waals surface area contributed by atoms with E-state index in [9.17, 15) is 4.79 Å². The van der Waals surface area contributed by atoms with Crippen molar-refractivity contribution in [3.63, 3.8) is 0 Å². The molecular weight excluding hydrogens is 456 g/mol. The number of benzene rings is 1. The summed E-state index contributed by atoms with van der Waals surface area (Å²) in [7, 11) is 0.